The Morgan fingerprint density at radius 3 is 1.14 bits per heavy atom. The quantitative estimate of drug-likeness (QED) is 0.149. The van der Waals surface area contributed by atoms with Crippen LogP contribution in [0.3, 0.4) is 0 Å². The first-order valence-electron chi connectivity index (χ1n) is 28.9. The highest BCUT2D eigenvalue weighted by atomic mass is 16.3. The number of hydrogen-bond acceptors (Lipinski definition) is 3. The van der Waals surface area contributed by atoms with Gasteiger partial charge in [-0.3, -0.25) is 0 Å². The van der Waals surface area contributed by atoms with Crippen LogP contribution in [0.4, 0.5) is 34.1 Å². The van der Waals surface area contributed by atoms with Gasteiger partial charge in [0, 0.05) is 77.8 Å². The maximum Gasteiger partial charge on any atom is 0.252 e. The van der Waals surface area contributed by atoms with E-state index in [1.54, 1.807) is 0 Å². The zero-order chi connectivity index (χ0) is 55.0. The van der Waals surface area contributed by atoms with Gasteiger partial charge in [-0.05, 0) is 153 Å². The average molecular weight is 1070 g/mol. The molecule has 2 aliphatic heterocycles. The fourth-order valence-corrected chi connectivity index (χ4v) is 14.1. The van der Waals surface area contributed by atoms with Gasteiger partial charge in [0.1, 0.15) is 11.2 Å². The maximum atomic E-state index is 6.49. The molecule has 0 fully saturated rings. The maximum absolute atomic E-state index is 6.49. The van der Waals surface area contributed by atoms with Crippen molar-refractivity contribution in [2.24, 2.45) is 0 Å². The lowest BCUT2D eigenvalue weighted by atomic mass is 9.33. The van der Waals surface area contributed by atoms with Crippen LogP contribution in [-0.2, 0) is 0 Å². The van der Waals surface area contributed by atoms with E-state index in [9.17, 15) is 0 Å². The summed E-state index contributed by atoms with van der Waals surface area (Å²) in [5.41, 5.74) is 26.1. The summed E-state index contributed by atoms with van der Waals surface area (Å²) in [5, 5.41) is 7.08. The van der Waals surface area contributed by atoms with Crippen molar-refractivity contribution >= 4 is 123 Å². The van der Waals surface area contributed by atoms with Gasteiger partial charge in [-0.1, -0.05) is 194 Å². The first kappa shape index (κ1) is 46.7. The minimum absolute atomic E-state index is 0.180. The zero-order valence-corrected chi connectivity index (χ0v) is 45.6. The second-order valence-electron chi connectivity index (χ2n) is 22.4. The van der Waals surface area contributed by atoms with E-state index >= 15 is 0 Å². The molecule has 13 aromatic carbocycles. The van der Waals surface area contributed by atoms with Gasteiger partial charge in [0.25, 0.3) is 6.71 Å². The van der Waals surface area contributed by atoms with Crippen LogP contribution in [0.2, 0.25) is 0 Å². The summed E-state index contributed by atoms with van der Waals surface area (Å²) in [4.78, 5) is 5.14. The standard InChI is InChI=1S/C78H49BN4O/c1-5-19-50(20-6-1)52-33-38-58(39-34-52)82-72-48-70-63(60-27-13-16-30-68(60)80(70)56-23-9-3-10-24-56)46-66(72)79-67-47-64-61-28-14-17-31-69(61)81(57-25-11-4-12-26-57)71(64)49-73(67)83(59-40-35-53(36-41-59)51-21-7-2-8-22-51)75-45-55(44-74(82)78(75)79)54-37-42-77-65(43-54)62-29-15-18-32-76(62)84-77/h1-49H. The molecule has 0 saturated carbocycles. The van der Waals surface area contributed by atoms with E-state index in [1.807, 2.05) is 6.07 Å². The topological polar surface area (TPSA) is 29.5 Å². The van der Waals surface area contributed by atoms with Crippen molar-refractivity contribution in [3.05, 3.63) is 297 Å². The molecule has 5 nitrogen and oxygen atoms in total. The molecule has 0 bridgehead atoms. The van der Waals surface area contributed by atoms with Crippen LogP contribution in [0.5, 0.6) is 0 Å². The van der Waals surface area contributed by atoms with Crippen molar-refractivity contribution in [3.63, 3.8) is 0 Å². The lowest BCUT2D eigenvalue weighted by Gasteiger charge is -2.44. The van der Waals surface area contributed by atoms with Crippen LogP contribution in [0, 0.1) is 0 Å². The number of benzene rings is 13. The summed E-state index contributed by atoms with van der Waals surface area (Å²) in [7, 11) is 0. The second kappa shape index (κ2) is 18.2. The third kappa shape index (κ3) is 6.98. The number of furan rings is 1. The lowest BCUT2D eigenvalue weighted by molar-refractivity contribution is 0.669. The largest absolute Gasteiger partial charge is 0.456 e. The van der Waals surface area contributed by atoms with E-state index in [0.717, 1.165) is 89.6 Å². The molecule has 0 saturated heterocycles. The van der Waals surface area contributed by atoms with E-state index < -0.39 is 0 Å². The molecule has 6 heteroatoms. The molecule has 0 radical (unpaired) electrons. The Bertz CT molecular complexity index is 5030. The molecular formula is C78H49BN4O. The number of para-hydroxylation sites is 5. The van der Waals surface area contributed by atoms with Crippen LogP contribution in [0.25, 0.3) is 110 Å². The zero-order valence-electron chi connectivity index (χ0n) is 45.6. The highest BCUT2D eigenvalue weighted by molar-refractivity contribution is 7.00. The van der Waals surface area contributed by atoms with Gasteiger partial charge in [-0.2, -0.15) is 0 Å². The van der Waals surface area contributed by atoms with Gasteiger partial charge in [0.15, 0.2) is 0 Å². The highest BCUT2D eigenvalue weighted by Crippen LogP contribution is 2.50. The molecule has 0 aliphatic carbocycles. The van der Waals surface area contributed by atoms with Crippen LogP contribution >= 0.6 is 0 Å². The minimum atomic E-state index is -0.180. The van der Waals surface area contributed by atoms with Gasteiger partial charge in [-0.15, -0.1) is 0 Å². The number of rotatable bonds is 7. The molecule has 5 heterocycles. The summed E-state index contributed by atoms with van der Waals surface area (Å²) >= 11 is 0. The fraction of sp³-hybridized carbons (Fsp3) is 0. The van der Waals surface area contributed by atoms with Crippen molar-refractivity contribution in [1.82, 2.24) is 9.13 Å². The monoisotopic (exact) mass is 1070 g/mol. The Morgan fingerprint density at radius 2 is 0.643 bits per heavy atom. The van der Waals surface area contributed by atoms with E-state index in [4.69, 9.17) is 4.42 Å². The second-order valence-corrected chi connectivity index (χ2v) is 22.4. The Balaban J connectivity index is 0.989. The summed E-state index contributed by atoms with van der Waals surface area (Å²) < 4.78 is 11.4. The highest BCUT2D eigenvalue weighted by Gasteiger charge is 2.45. The third-order valence-corrected chi connectivity index (χ3v) is 17.9. The van der Waals surface area contributed by atoms with Crippen molar-refractivity contribution in [3.8, 4) is 44.8 Å². The molecule has 3 aromatic heterocycles. The lowest BCUT2D eigenvalue weighted by Crippen LogP contribution is -2.61. The predicted octanol–water partition coefficient (Wildman–Crippen LogP) is 18.9. The third-order valence-electron chi connectivity index (χ3n) is 17.9. The molecule has 84 heavy (non-hydrogen) atoms. The van der Waals surface area contributed by atoms with Crippen molar-refractivity contribution in [2.45, 2.75) is 0 Å². The van der Waals surface area contributed by atoms with E-state index in [-0.39, 0.29) is 6.71 Å². The van der Waals surface area contributed by atoms with E-state index in [0.29, 0.717) is 0 Å². The van der Waals surface area contributed by atoms with Gasteiger partial charge in [0.05, 0.1) is 22.1 Å². The number of anilines is 6. The molecule has 0 atom stereocenters. The SMILES string of the molecule is c1ccc(-c2ccc(N3c4cc5c(cc4B4c6cc7c8ccccc8n(-c8ccccc8)c7cc6N(c6ccc(-c7ccccc7)cc6)c6cc(-c7ccc8oc9ccccc9c8c7)cc3c64)c3ccccc3n5-c3ccccc3)cc2)cc1. The van der Waals surface area contributed by atoms with Crippen LogP contribution in [-0.4, -0.2) is 15.8 Å². The fourth-order valence-electron chi connectivity index (χ4n) is 14.1. The first-order valence-corrected chi connectivity index (χ1v) is 28.9. The van der Waals surface area contributed by atoms with Gasteiger partial charge in [-0.25, -0.2) is 0 Å². The van der Waals surface area contributed by atoms with Crippen molar-refractivity contribution < 1.29 is 4.42 Å². The number of hydrogen-bond donors (Lipinski definition) is 0. The van der Waals surface area contributed by atoms with Gasteiger partial charge < -0.3 is 23.4 Å². The van der Waals surface area contributed by atoms with E-state index in [1.165, 1.54) is 71.2 Å². The molecule has 16 aromatic rings. The van der Waals surface area contributed by atoms with Crippen molar-refractivity contribution in [1.29, 1.82) is 0 Å². The Labute approximate surface area is 485 Å². The summed E-state index contributed by atoms with van der Waals surface area (Å²) in [6, 6.07) is 110. The Morgan fingerprint density at radius 1 is 0.238 bits per heavy atom. The molecule has 2 aliphatic rings. The molecule has 390 valence electrons. The molecular weight excluding hydrogens is 1020 g/mol. The van der Waals surface area contributed by atoms with Gasteiger partial charge in [0.2, 0.25) is 0 Å². The predicted molar refractivity (Wildman–Crippen MR) is 353 cm³/mol. The molecule has 0 N–H and O–H groups in total. The molecule has 0 spiro atoms. The Hall–Kier alpha value is -11.1. The smallest absolute Gasteiger partial charge is 0.252 e. The van der Waals surface area contributed by atoms with E-state index in [2.05, 4.69) is 310 Å². The first-order chi connectivity index (χ1) is 41.7. The van der Waals surface area contributed by atoms with Crippen molar-refractivity contribution in [2.75, 3.05) is 9.80 Å². The molecule has 0 unspecified atom stereocenters. The number of nitrogens with zero attached hydrogens (tertiary/aromatic N) is 4. The summed E-state index contributed by atoms with van der Waals surface area (Å²) in [6.45, 7) is -0.180. The van der Waals surface area contributed by atoms with Gasteiger partial charge >= 0.3 is 0 Å². The average Bonchev–Trinajstić information content (AvgIpc) is 2.29. The summed E-state index contributed by atoms with van der Waals surface area (Å²) in [5.74, 6) is 0. The summed E-state index contributed by atoms with van der Waals surface area (Å²) in [6.07, 6.45) is 0. The normalized spacial score (nSPS) is 12.7. The molecule has 18 rings (SSSR count). The number of fused-ring (bicyclic) bond motifs is 13. The number of aromatic nitrogens is 2. The van der Waals surface area contributed by atoms with Crippen LogP contribution < -0.4 is 26.2 Å². The van der Waals surface area contributed by atoms with Crippen LogP contribution in [0.15, 0.2) is 302 Å². The molecule has 0 amide bonds. The van der Waals surface area contributed by atoms with Crippen LogP contribution in [0.1, 0.15) is 0 Å². The minimum Gasteiger partial charge on any atom is -0.456 e. The Kier molecular flexibility index (Phi) is 10.1.